The molecule has 1 N–H and O–H groups in total. The maximum atomic E-state index is 12.6. The van der Waals surface area contributed by atoms with E-state index in [0.29, 0.717) is 6.61 Å². The molecule has 8 heteroatoms. The van der Waals surface area contributed by atoms with Crippen molar-refractivity contribution in [3.63, 3.8) is 0 Å². The van der Waals surface area contributed by atoms with E-state index in [4.69, 9.17) is 19.2 Å². The Morgan fingerprint density at radius 3 is 2.78 bits per heavy atom. The summed E-state index contributed by atoms with van der Waals surface area (Å²) in [6.45, 7) is 11.5. The predicted octanol–water partition coefficient (Wildman–Crippen LogP) is 2.81. The van der Waals surface area contributed by atoms with Crippen molar-refractivity contribution in [3.8, 4) is 0 Å². The van der Waals surface area contributed by atoms with Crippen LogP contribution < -0.4 is 10.2 Å². The smallest absolute Gasteiger partial charge is 0.246 e. The highest BCUT2D eigenvalue weighted by Crippen LogP contribution is 2.40. The number of hydrogen-bond donors (Lipinski definition) is 1. The van der Waals surface area contributed by atoms with Crippen LogP contribution in [0.25, 0.3) is 0 Å². The molecule has 8 nitrogen and oxygen atoms in total. The van der Waals surface area contributed by atoms with E-state index in [0.717, 1.165) is 62.6 Å². The van der Waals surface area contributed by atoms with Crippen LogP contribution in [0.15, 0.2) is 6.20 Å². The molecule has 32 heavy (non-hydrogen) atoms. The van der Waals surface area contributed by atoms with Gasteiger partial charge in [0, 0.05) is 31.5 Å². The number of anilines is 1. The third-order valence-electron chi connectivity index (χ3n) is 6.51. The molecule has 0 aromatic carbocycles. The average molecular weight is 447 g/mol. The van der Waals surface area contributed by atoms with Gasteiger partial charge in [0.2, 0.25) is 11.9 Å². The Labute approximate surface area is 191 Å². The largest absolute Gasteiger partial charge is 0.376 e. The fraction of sp³-hybridized carbons (Fsp3) is 0.792. The Kier molecular flexibility index (Phi) is 7.32. The molecule has 178 valence electrons. The van der Waals surface area contributed by atoms with Crippen LogP contribution in [0.3, 0.4) is 0 Å². The maximum absolute atomic E-state index is 12.6. The van der Waals surface area contributed by atoms with Crippen LogP contribution in [0.2, 0.25) is 0 Å². The first-order valence-electron chi connectivity index (χ1n) is 12.0. The van der Waals surface area contributed by atoms with Crippen molar-refractivity contribution in [1.82, 2.24) is 15.3 Å². The zero-order valence-corrected chi connectivity index (χ0v) is 19.9. The van der Waals surface area contributed by atoms with E-state index in [1.807, 2.05) is 6.20 Å². The molecular formula is C24H38N4O4. The van der Waals surface area contributed by atoms with Crippen LogP contribution in [0.1, 0.15) is 70.7 Å². The molecular weight excluding hydrogens is 408 g/mol. The lowest BCUT2D eigenvalue weighted by atomic mass is 9.74. The summed E-state index contributed by atoms with van der Waals surface area (Å²) in [6, 6.07) is -0.104. The van der Waals surface area contributed by atoms with E-state index in [2.05, 4.69) is 42.9 Å². The average Bonchev–Trinajstić information content (AvgIpc) is 2.72. The molecule has 1 aromatic heterocycles. The van der Waals surface area contributed by atoms with Crippen molar-refractivity contribution in [2.24, 2.45) is 5.41 Å². The number of carbonyl (C=O) groups excluding carboxylic acids is 1. The highest BCUT2D eigenvalue weighted by molar-refractivity contribution is 5.77. The van der Waals surface area contributed by atoms with E-state index >= 15 is 0 Å². The predicted molar refractivity (Wildman–Crippen MR) is 122 cm³/mol. The fourth-order valence-electron chi connectivity index (χ4n) is 5.12. The highest BCUT2D eigenvalue weighted by atomic mass is 16.5. The van der Waals surface area contributed by atoms with E-state index in [1.54, 1.807) is 0 Å². The second-order valence-corrected chi connectivity index (χ2v) is 10.4. The van der Waals surface area contributed by atoms with Crippen LogP contribution in [0.4, 0.5) is 5.95 Å². The number of fused-ring (bicyclic) bond motifs is 1. The number of amides is 1. The minimum atomic E-state index is -0.104. The van der Waals surface area contributed by atoms with Crippen LogP contribution in [-0.4, -0.2) is 67.1 Å². The topological polar surface area (TPSA) is 85.8 Å². The van der Waals surface area contributed by atoms with Crippen LogP contribution >= 0.6 is 0 Å². The Hall–Kier alpha value is -1.77. The van der Waals surface area contributed by atoms with Gasteiger partial charge in [0.05, 0.1) is 36.7 Å². The molecule has 4 rings (SSSR count). The SMILES string of the molecule is C[C@@H]1CN(c2ncc3c(n2)CC(C)(C)C[C@@H]3NC(=O)COC[C@@H]2CCCCO2)C[C@H](C)O1. The van der Waals surface area contributed by atoms with Gasteiger partial charge in [0.25, 0.3) is 0 Å². The quantitative estimate of drug-likeness (QED) is 0.719. The molecule has 3 aliphatic rings. The van der Waals surface area contributed by atoms with Crippen LogP contribution in [-0.2, 0) is 25.4 Å². The maximum Gasteiger partial charge on any atom is 0.246 e. The number of hydrogen-bond acceptors (Lipinski definition) is 7. The molecule has 0 spiro atoms. The van der Waals surface area contributed by atoms with E-state index in [1.165, 1.54) is 6.42 Å². The van der Waals surface area contributed by atoms with Crippen molar-refractivity contribution in [2.45, 2.75) is 84.2 Å². The molecule has 2 fully saturated rings. The lowest BCUT2D eigenvalue weighted by Crippen LogP contribution is -2.46. The number of rotatable bonds is 6. The van der Waals surface area contributed by atoms with Crippen LogP contribution in [0, 0.1) is 5.41 Å². The van der Waals surface area contributed by atoms with E-state index < -0.39 is 0 Å². The van der Waals surface area contributed by atoms with Gasteiger partial charge >= 0.3 is 0 Å². The minimum absolute atomic E-state index is 0.0406. The Balaban J connectivity index is 1.40. The van der Waals surface area contributed by atoms with Crippen molar-refractivity contribution < 1.29 is 19.0 Å². The van der Waals surface area contributed by atoms with Crippen molar-refractivity contribution >= 4 is 11.9 Å². The minimum Gasteiger partial charge on any atom is -0.376 e. The normalized spacial score (nSPS) is 29.9. The first-order valence-corrected chi connectivity index (χ1v) is 12.0. The van der Waals surface area contributed by atoms with Gasteiger partial charge in [0.1, 0.15) is 6.61 Å². The first-order chi connectivity index (χ1) is 15.3. The fourth-order valence-corrected chi connectivity index (χ4v) is 5.12. The lowest BCUT2D eigenvalue weighted by Gasteiger charge is -2.38. The van der Waals surface area contributed by atoms with Gasteiger partial charge in [-0.3, -0.25) is 4.79 Å². The first kappa shape index (κ1) is 23.4. The number of morpholine rings is 1. The third kappa shape index (κ3) is 5.97. The molecule has 2 saturated heterocycles. The van der Waals surface area contributed by atoms with Gasteiger partial charge in [0.15, 0.2) is 0 Å². The van der Waals surface area contributed by atoms with Crippen LogP contribution in [0.5, 0.6) is 0 Å². The Morgan fingerprint density at radius 1 is 1.28 bits per heavy atom. The zero-order valence-electron chi connectivity index (χ0n) is 19.9. The molecule has 1 amide bonds. The molecule has 2 aliphatic heterocycles. The van der Waals surface area contributed by atoms with Gasteiger partial charge < -0.3 is 24.4 Å². The molecule has 0 saturated carbocycles. The lowest BCUT2D eigenvalue weighted by molar-refractivity contribution is -0.128. The van der Waals surface area contributed by atoms with Crippen molar-refractivity contribution in [2.75, 3.05) is 37.8 Å². The molecule has 0 unspecified atom stereocenters. The van der Waals surface area contributed by atoms with Gasteiger partial charge in [-0.05, 0) is 51.4 Å². The highest BCUT2D eigenvalue weighted by Gasteiger charge is 2.35. The molecule has 0 radical (unpaired) electrons. The van der Waals surface area contributed by atoms with Gasteiger partial charge in [-0.25, -0.2) is 9.97 Å². The zero-order chi connectivity index (χ0) is 22.7. The Bertz CT molecular complexity index is 786. The van der Waals surface area contributed by atoms with E-state index in [9.17, 15) is 4.79 Å². The summed E-state index contributed by atoms with van der Waals surface area (Å²) >= 11 is 0. The summed E-state index contributed by atoms with van der Waals surface area (Å²) in [5.41, 5.74) is 2.09. The van der Waals surface area contributed by atoms with Crippen molar-refractivity contribution in [3.05, 3.63) is 17.5 Å². The van der Waals surface area contributed by atoms with Gasteiger partial charge in [-0.15, -0.1) is 0 Å². The number of nitrogens with one attached hydrogen (secondary N) is 1. The molecule has 3 heterocycles. The number of aromatic nitrogens is 2. The molecule has 1 aliphatic carbocycles. The number of nitrogens with zero attached hydrogens (tertiary/aromatic N) is 3. The summed E-state index contributed by atoms with van der Waals surface area (Å²) in [4.78, 5) is 24.4. The summed E-state index contributed by atoms with van der Waals surface area (Å²) in [6.07, 6.45) is 7.33. The standard InChI is InChI=1S/C24H38N4O4/c1-16-12-28(13-17(2)32-16)23-25-11-19-20(9-24(3,4)10-21(19)27-23)26-22(29)15-30-14-18-7-5-6-8-31-18/h11,16-18,20H,5-10,12-15H2,1-4H3,(H,26,29)/t16-,17+,18-,20-/m0/s1. The summed E-state index contributed by atoms with van der Waals surface area (Å²) in [7, 11) is 0. The summed E-state index contributed by atoms with van der Waals surface area (Å²) in [5, 5.41) is 3.16. The van der Waals surface area contributed by atoms with Gasteiger partial charge in [-0.1, -0.05) is 13.8 Å². The number of carbonyl (C=O) groups is 1. The molecule has 4 atom stereocenters. The van der Waals surface area contributed by atoms with Crippen molar-refractivity contribution in [1.29, 1.82) is 0 Å². The molecule has 1 aromatic rings. The van der Waals surface area contributed by atoms with E-state index in [-0.39, 0.29) is 42.3 Å². The van der Waals surface area contributed by atoms with Gasteiger partial charge in [-0.2, -0.15) is 0 Å². The second-order valence-electron chi connectivity index (χ2n) is 10.4. The monoisotopic (exact) mass is 446 g/mol. The Morgan fingerprint density at radius 2 is 2.06 bits per heavy atom. The second kappa shape index (κ2) is 10.0. The molecule has 0 bridgehead atoms. The summed E-state index contributed by atoms with van der Waals surface area (Å²) in [5.74, 6) is 0.652. The third-order valence-corrected chi connectivity index (χ3v) is 6.51. The number of ether oxygens (including phenoxy) is 3. The summed E-state index contributed by atoms with van der Waals surface area (Å²) < 4.78 is 17.2.